The lowest BCUT2D eigenvalue weighted by Gasteiger charge is -1.99. The molecule has 0 amide bonds. The van der Waals surface area contributed by atoms with Gasteiger partial charge in [0.05, 0.1) is 0 Å². The summed E-state index contributed by atoms with van der Waals surface area (Å²) in [4.78, 5) is 0. The van der Waals surface area contributed by atoms with Gasteiger partial charge in [0.25, 0.3) is 0 Å². The van der Waals surface area contributed by atoms with Crippen LogP contribution in [0.2, 0.25) is 0 Å². The Morgan fingerprint density at radius 1 is 0.824 bits per heavy atom. The molecule has 0 bridgehead atoms. The van der Waals surface area contributed by atoms with Crippen LogP contribution in [-0.4, -0.2) is 0 Å². The standard InChI is InChI=1S/C13H12.2C2H6/c1-2-5-9-12(8-4-1)13-10-6-3-7-11-13;2*1-2/h1,3-11H,2H2;2*1-2H3. The van der Waals surface area contributed by atoms with Crippen molar-refractivity contribution in [3.8, 4) is 0 Å². The van der Waals surface area contributed by atoms with Crippen LogP contribution in [-0.2, 0) is 0 Å². The molecule has 1 aromatic rings. The first-order valence-corrected chi connectivity index (χ1v) is 6.55. The maximum absolute atomic E-state index is 2.18. The van der Waals surface area contributed by atoms with Crippen molar-refractivity contribution in [1.82, 2.24) is 0 Å². The maximum Gasteiger partial charge on any atom is -0.0163 e. The predicted octanol–water partition coefficient (Wildman–Crippen LogP) is 5.64. The van der Waals surface area contributed by atoms with E-state index in [1.807, 2.05) is 33.8 Å². The van der Waals surface area contributed by atoms with Crippen LogP contribution in [0.3, 0.4) is 0 Å². The molecule has 1 aromatic carbocycles. The van der Waals surface area contributed by atoms with E-state index in [0.29, 0.717) is 0 Å². The van der Waals surface area contributed by atoms with Crippen LogP contribution in [0.4, 0.5) is 0 Å². The molecule has 0 saturated carbocycles. The van der Waals surface area contributed by atoms with E-state index < -0.39 is 0 Å². The number of rotatable bonds is 1. The van der Waals surface area contributed by atoms with Crippen molar-refractivity contribution in [3.05, 3.63) is 66.3 Å². The topological polar surface area (TPSA) is 0 Å². The summed E-state index contributed by atoms with van der Waals surface area (Å²) in [5, 5.41) is 0. The maximum atomic E-state index is 2.18. The molecule has 92 valence electrons. The zero-order valence-corrected chi connectivity index (χ0v) is 11.5. The molecule has 0 unspecified atom stereocenters. The Hall–Kier alpha value is -1.56. The Kier molecular flexibility index (Phi) is 9.94. The zero-order valence-electron chi connectivity index (χ0n) is 11.5. The minimum atomic E-state index is 1.03. The number of benzene rings is 1. The van der Waals surface area contributed by atoms with Crippen LogP contribution in [0.15, 0.2) is 60.7 Å². The van der Waals surface area contributed by atoms with Crippen molar-refractivity contribution in [2.75, 3.05) is 0 Å². The van der Waals surface area contributed by atoms with Gasteiger partial charge in [-0.25, -0.2) is 0 Å². The van der Waals surface area contributed by atoms with Gasteiger partial charge in [0.2, 0.25) is 0 Å². The van der Waals surface area contributed by atoms with E-state index in [1.165, 1.54) is 11.1 Å². The third kappa shape index (κ3) is 5.91. The van der Waals surface area contributed by atoms with Gasteiger partial charge in [-0.2, -0.15) is 0 Å². The summed E-state index contributed by atoms with van der Waals surface area (Å²) in [6.07, 6.45) is 11.8. The fraction of sp³-hybridized carbons (Fsp3) is 0.294. The summed E-state index contributed by atoms with van der Waals surface area (Å²) in [7, 11) is 0. The Balaban J connectivity index is 0.000000581. The summed E-state index contributed by atoms with van der Waals surface area (Å²) in [5.74, 6) is 0. The molecule has 0 radical (unpaired) electrons. The minimum Gasteiger partial charge on any atom is -0.0807 e. The smallest absolute Gasteiger partial charge is 0.0163 e. The second-order valence-corrected chi connectivity index (χ2v) is 3.05. The molecular weight excluding hydrogens is 204 g/mol. The van der Waals surface area contributed by atoms with E-state index in [9.17, 15) is 0 Å². The molecule has 0 fully saturated rings. The Morgan fingerprint density at radius 3 is 2.12 bits per heavy atom. The monoisotopic (exact) mass is 228 g/mol. The van der Waals surface area contributed by atoms with Crippen LogP contribution in [0, 0.1) is 0 Å². The van der Waals surface area contributed by atoms with Gasteiger partial charge in [-0.1, -0.05) is 88.4 Å². The fourth-order valence-corrected chi connectivity index (χ4v) is 1.40. The molecule has 17 heavy (non-hydrogen) atoms. The van der Waals surface area contributed by atoms with E-state index >= 15 is 0 Å². The number of allylic oxidation sites excluding steroid dienone is 6. The molecule has 0 aliphatic heterocycles. The molecule has 0 atom stereocenters. The van der Waals surface area contributed by atoms with Crippen molar-refractivity contribution < 1.29 is 0 Å². The van der Waals surface area contributed by atoms with Gasteiger partial charge in [-0.15, -0.1) is 0 Å². The quantitative estimate of drug-likeness (QED) is 0.583. The van der Waals surface area contributed by atoms with Crippen LogP contribution in [0.5, 0.6) is 0 Å². The Labute approximate surface area is 106 Å². The van der Waals surface area contributed by atoms with Gasteiger partial charge < -0.3 is 0 Å². The van der Waals surface area contributed by atoms with E-state index in [0.717, 1.165) is 6.42 Å². The normalized spacial score (nSPS) is 12.4. The highest BCUT2D eigenvalue weighted by molar-refractivity contribution is 5.75. The summed E-state index contributed by atoms with van der Waals surface area (Å²) < 4.78 is 0. The first-order valence-electron chi connectivity index (χ1n) is 6.55. The molecule has 0 spiro atoms. The molecule has 1 aliphatic rings. The molecule has 0 heteroatoms. The highest BCUT2D eigenvalue weighted by Gasteiger charge is 1.95. The first kappa shape index (κ1) is 15.4. The Morgan fingerprint density at radius 2 is 1.47 bits per heavy atom. The van der Waals surface area contributed by atoms with Gasteiger partial charge in [-0.3, -0.25) is 0 Å². The summed E-state index contributed by atoms with van der Waals surface area (Å²) in [5.41, 5.74) is 2.57. The average Bonchev–Trinajstić information content (AvgIpc) is 2.73. The summed E-state index contributed by atoms with van der Waals surface area (Å²) in [6.45, 7) is 8.00. The molecule has 0 nitrogen and oxygen atoms in total. The molecule has 2 rings (SSSR count). The van der Waals surface area contributed by atoms with Crippen molar-refractivity contribution in [3.63, 3.8) is 0 Å². The Bertz CT molecular complexity index is 353. The lowest BCUT2D eigenvalue weighted by atomic mass is 10.1. The van der Waals surface area contributed by atoms with Crippen LogP contribution in [0.1, 0.15) is 39.7 Å². The van der Waals surface area contributed by atoms with Gasteiger partial charge in [0.15, 0.2) is 0 Å². The summed E-state index contributed by atoms with van der Waals surface area (Å²) in [6, 6.07) is 10.4. The fourth-order valence-electron chi connectivity index (χ4n) is 1.40. The van der Waals surface area contributed by atoms with E-state index in [4.69, 9.17) is 0 Å². The first-order chi connectivity index (χ1) is 8.47. The highest BCUT2D eigenvalue weighted by Crippen LogP contribution is 2.17. The number of hydrogen-bond donors (Lipinski definition) is 0. The van der Waals surface area contributed by atoms with Crippen LogP contribution >= 0.6 is 0 Å². The number of hydrogen-bond acceptors (Lipinski definition) is 0. The van der Waals surface area contributed by atoms with Gasteiger partial charge in [0.1, 0.15) is 0 Å². The second-order valence-electron chi connectivity index (χ2n) is 3.05. The van der Waals surface area contributed by atoms with Crippen molar-refractivity contribution >= 4 is 5.57 Å². The van der Waals surface area contributed by atoms with Gasteiger partial charge in [-0.05, 0) is 17.6 Å². The third-order valence-electron chi connectivity index (χ3n) is 2.09. The lowest BCUT2D eigenvalue weighted by Crippen LogP contribution is -1.77. The molecule has 0 N–H and O–H groups in total. The average molecular weight is 228 g/mol. The van der Waals surface area contributed by atoms with Gasteiger partial charge in [0, 0.05) is 0 Å². The molecular formula is C17H24. The highest BCUT2D eigenvalue weighted by atomic mass is 14.0. The van der Waals surface area contributed by atoms with E-state index in [2.05, 4.69) is 54.6 Å². The molecule has 0 saturated heterocycles. The van der Waals surface area contributed by atoms with Crippen molar-refractivity contribution in [2.45, 2.75) is 34.1 Å². The SMILES string of the molecule is C1=CCC=CC(c2ccccc2)=C1.CC.CC. The second kappa shape index (κ2) is 10.9. The van der Waals surface area contributed by atoms with Crippen LogP contribution < -0.4 is 0 Å². The van der Waals surface area contributed by atoms with Crippen molar-refractivity contribution in [2.24, 2.45) is 0 Å². The van der Waals surface area contributed by atoms with Gasteiger partial charge >= 0.3 is 0 Å². The van der Waals surface area contributed by atoms with E-state index in [-0.39, 0.29) is 0 Å². The van der Waals surface area contributed by atoms with Crippen LogP contribution in [0.25, 0.3) is 5.57 Å². The molecule has 1 aliphatic carbocycles. The zero-order chi connectivity index (χ0) is 12.9. The predicted molar refractivity (Wildman–Crippen MR) is 80.0 cm³/mol. The molecule has 0 aromatic heterocycles. The summed E-state index contributed by atoms with van der Waals surface area (Å²) >= 11 is 0. The van der Waals surface area contributed by atoms with E-state index in [1.54, 1.807) is 0 Å². The lowest BCUT2D eigenvalue weighted by molar-refractivity contribution is 1.41. The largest absolute Gasteiger partial charge is 0.0807 e. The third-order valence-corrected chi connectivity index (χ3v) is 2.09. The minimum absolute atomic E-state index is 1.03. The van der Waals surface area contributed by atoms with Crippen molar-refractivity contribution in [1.29, 1.82) is 0 Å². The molecule has 0 heterocycles.